The number of benzene rings is 2. The van der Waals surface area contributed by atoms with E-state index in [0.29, 0.717) is 11.0 Å². The van der Waals surface area contributed by atoms with Gasteiger partial charge in [-0.3, -0.25) is 10.1 Å². The Hall–Kier alpha value is -2.83. The minimum Gasteiger partial charge on any atom is -0.370 e. The summed E-state index contributed by atoms with van der Waals surface area (Å²) in [6, 6.07) is 13.7. The third kappa shape index (κ3) is 6.09. The molecule has 0 aromatic heterocycles. The minimum atomic E-state index is -0.433. The standard InChI is InChI=1S/C24H30ClN5O/c1-15-18(9-6-10-19(15)25)20-14-21(30-23(26)29-20)27-12-11-16-7-5-8-17(13-16)28-22(31)24(2,3)4/h5-10,13-14,21,27H,11-12H2,1-4H3,(H,28,31)(H3,26,29,30). The van der Waals surface area contributed by atoms with Gasteiger partial charge in [-0.05, 0) is 48.7 Å². The van der Waals surface area contributed by atoms with Crippen molar-refractivity contribution >= 4 is 34.9 Å². The summed E-state index contributed by atoms with van der Waals surface area (Å²) in [5.41, 5.74) is 10.2. The molecule has 1 aliphatic rings. The summed E-state index contributed by atoms with van der Waals surface area (Å²) in [5.74, 6) is 0.360. The van der Waals surface area contributed by atoms with Crippen molar-refractivity contribution < 1.29 is 4.79 Å². The third-order valence-electron chi connectivity index (χ3n) is 5.06. The number of hydrogen-bond acceptors (Lipinski definition) is 5. The lowest BCUT2D eigenvalue weighted by atomic mass is 9.95. The van der Waals surface area contributed by atoms with Crippen LogP contribution in [0.3, 0.4) is 0 Å². The van der Waals surface area contributed by atoms with Crippen molar-refractivity contribution in [3.8, 4) is 0 Å². The van der Waals surface area contributed by atoms with Crippen molar-refractivity contribution in [2.75, 3.05) is 11.9 Å². The summed E-state index contributed by atoms with van der Waals surface area (Å²) in [5, 5.41) is 10.3. The molecular weight excluding hydrogens is 410 g/mol. The van der Waals surface area contributed by atoms with Gasteiger partial charge in [0.25, 0.3) is 0 Å². The first-order valence-electron chi connectivity index (χ1n) is 10.4. The molecule has 164 valence electrons. The van der Waals surface area contributed by atoms with Gasteiger partial charge in [0.1, 0.15) is 6.17 Å². The summed E-state index contributed by atoms with van der Waals surface area (Å²) in [6.07, 6.45) is 2.66. The van der Waals surface area contributed by atoms with E-state index in [4.69, 9.17) is 17.3 Å². The van der Waals surface area contributed by atoms with Gasteiger partial charge >= 0.3 is 0 Å². The molecule has 0 spiro atoms. The maximum Gasteiger partial charge on any atom is 0.229 e. The number of guanidine groups is 1. The van der Waals surface area contributed by atoms with Crippen LogP contribution in [0, 0.1) is 12.3 Å². The highest BCUT2D eigenvalue weighted by Gasteiger charge is 2.21. The van der Waals surface area contributed by atoms with E-state index >= 15 is 0 Å². The molecule has 1 heterocycles. The van der Waals surface area contributed by atoms with Crippen LogP contribution in [0.25, 0.3) is 5.70 Å². The van der Waals surface area contributed by atoms with Gasteiger partial charge in [-0.2, -0.15) is 0 Å². The van der Waals surface area contributed by atoms with Crippen LogP contribution in [0.15, 0.2) is 53.5 Å². The quantitative estimate of drug-likeness (QED) is 0.546. The molecule has 7 heteroatoms. The Balaban J connectivity index is 1.62. The molecule has 5 N–H and O–H groups in total. The lowest BCUT2D eigenvalue weighted by molar-refractivity contribution is -0.123. The van der Waals surface area contributed by atoms with Gasteiger partial charge in [-0.25, -0.2) is 4.99 Å². The molecule has 0 saturated heterocycles. The molecule has 1 amide bonds. The van der Waals surface area contributed by atoms with Crippen LogP contribution in [0.2, 0.25) is 5.02 Å². The number of aliphatic imine (C=N–C) groups is 1. The molecule has 3 rings (SSSR count). The zero-order valence-corrected chi connectivity index (χ0v) is 19.2. The number of nitrogens with zero attached hydrogens (tertiary/aromatic N) is 1. The third-order valence-corrected chi connectivity index (χ3v) is 5.47. The van der Waals surface area contributed by atoms with Crippen molar-refractivity contribution in [2.45, 2.75) is 40.3 Å². The van der Waals surface area contributed by atoms with Crippen LogP contribution in [-0.2, 0) is 11.2 Å². The summed E-state index contributed by atoms with van der Waals surface area (Å²) in [6.45, 7) is 8.39. The first kappa shape index (κ1) is 22.8. The summed E-state index contributed by atoms with van der Waals surface area (Å²) in [7, 11) is 0. The Morgan fingerprint density at radius 3 is 2.71 bits per heavy atom. The molecule has 0 bridgehead atoms. The van der Waals surface area contributed by atoms with Gasteiger partial charge in [0, 0.05) is 28.2 Å². The first-order valence-corrected chi connectivity index (χ1v) is 10.7. The highest BCUT2D eigenvalue weighted by molar-refractivity contribution is 6.31. The van der Waals surface area contributed by atoms with Crippen molar-refractivity contribution in [2.24, 2.45) is 16.1 Å². The maximum absolute atomic E-state index is 12.2. The predicted molar refractivity (Wildman–Crippen MR) is 129 cm³/mol. The molecule has 0 fully saturated rings. The van der Waals surface area contributed by atoms with Crippen molar-refractivity contribution in [3.05, 3.63) is 70.3 Å². The molecular formula is C24H30ClN5O. The maximum atomic E-state index is 12.2. The molecule has 2 aromatic carbocycles. The summed E-state index contributed by atoms with van der Waals surface area (Å²) < 4.78 is 0. The highest BCUT2D eigenvalue weighted by atomic mass is 35.5. The second-order valence-electron chi connectivity index (χ2n) is 8.69. The lowest BCUT2D eigenvalue weighted by Gasteiger charge is -2.23. The van der Waals surface area contributed by atoms with Gasteiger partial charge in [-0.15, -0.1) is 0 Å². The second kappa shape index (κ2) is 9.54. The Kier molecular flexibility index (Phi) is 7.03. The summed E-state index contributed by atoms with van der Waals surface area (Å²) in [4.78, 5) is 16.7. The topological polar surface area (TPSA) is 91.5 Å². The molecule has 2 aromatic rings. The van der Waals surface area contributed by atoms with E-state index in [1.165, 1.54) is 0 Å². The number of rotatable bonds is 6. The van der Waals surface area contributed by atoms with Crippen LogP contribution < -0.4 is 21.7 Å². The zero-order chi connectivity index (χ0) is 22.6. The van der Waals surface area contributed by atoms with Gasteiger partial charge < -0.3 is 16.4 Å². The van der Waals surface area contributed by atoms with Gasteiger partial charge in [-0.1, -0.05) is 56.6 Å². The Bertz CT molecular complexity index is 1020. The van der Waals surface area contributed by atoms with Crippen LogP contribution in [0.5, 0.6) is 0 Å². The monoisotopic (exact) mass is 439 g/mol. The normalized spacial score (nSPS) is 16.2. The largest absolute Gasteiger partial charge is 0.370 e. The van der Waals surface area contributed by atoms with E-state index in [-0.39, 0.29) is 12.1 Å². The lowest BCUT2D eigenvalue weighted by Crippen LogP contribution is -2.49. The highest BCUT2D eigenvalue weighted by Crippen LogP contribution is 2.27. The van der Waals surface area contributed by atoms with E-state index < -0.39 is 5.41 Å². The Morgan fingerprint density at radius 2 is 1.97 bits per heavy atom. The molecule has 1 aliphatic heterocycles. The SMILES string of the molecule is Cc1c(Cl)cccc1C1=CC(NCCc2cccc(NC(=O)C(C)(C)C)c2)NC(N)=N1. The van der Waals surface area contributed by atoms with Crippen LogP contribution in [-0.4, -0.2) is 24.6 Å². The van der Waals surface area contributed by atoms with E-state index in [9.17, 15) is 4.79 Å². The van der Waals surface area contributed by atoms with Gasteiger partial charge in [0.05, 0.1) is 5.70 Å². The fourth-order valence-electron chi connectivity index (χ4n) is 3.20. The van der Waals surface area contributed by atoms with E-state index in [2.05, 4.69) is 27.0 Å². The van der Waals surface area contributed by atoms with Crippen LogP contribution >= 0.6 is 11.6 Å². The number of carbonyl (C=O) groups excluding carboxylic acids is 1. The number of carbonyl (C=O) groups is 1. The second-order valence-corrected chi connectivity index (χ2v) is 9.10. The van der Waals surface area contributed by atoms with Crippen LogP contribution in [0.4, 0.5) is 5.69 Å². The number of nitrogens with one attached hydrogen (secondary N) is 3. The number of hydrogen-bond donors (Lipinski definition) is 4. The predicted octanol–water partition coefficient (Wildman–Crippen LogP) is 4.05. The van der Waals surface area contributed by atoms with Crippen molar-refractivity contribution in [1.82, 2.24) is 10.6 Å². The van der Waals surface area contributed by atoms with Crippen molar-refractivity contribution in [1.29, 1.82) is 0 Å². The van der Waals surface area contributed by atoms with Crippen molar-refractivity contribution in [3.63, 3.8) is 0 Å². The number of nitrogens with two attached hydrogens (primary N) is 1. The zero-order valence-electron chi connectivity index (χ0n) is 18.4. The van der Waals surface area contributed by atoms with Crippen LogP contribution in [0.1, 0.15) is 37.5 Å². The average Bonchev–Trinajstić information content (AvgIpc) is 2.69. The number of amides is 1. The molecule has 0 saturated carbocycles. The minimum absolute atomic E-state index is 0.00193. The molecule has 6 nitrogen and oxygen atoms in total. The summed E-state index contributed by atoms with van der Waals surface area (Å²) >= 11 is 6.26. The Labute approximate surface area is 189 Å². The van der Waals surface area contributed by atoms with Gasteiger partial charge in [0.15, 0.2) is 5.96 Å². The molecule has 1 unspecified atom stereocenters. The number of anilines is 1. The molecule has 0 radical (unpaired) electrons. The first-order chi connectivity index (χ1) is 14.6. The fourth-order valence-corrected chi connectivity index (χ4v) is 3.37. The van der Waals surface area contributed by atoms with E-state index in [1.54, 1.807) is 0 Å². The molecule has 0 aliphatic carbocycles. The molecule has 31 heavy (non-hydrogen) atoms. The van der Waals surface area contributed by atoms with E-state index in [0.717, 1.165) is 41.0 Å². The number of halogens is 1. The average molecular weight is 440 g/mol. The van der Waals surface area contributed by atoms with Gasteiger partial charge in [0.2, 0.25) is 5.91 Å². The molecule has 1 atom stereocenters. The fraction of sp³-hybridized carbons (Fsp3) is 0.333. The van der Waals surface area contributed by atoms with E-state index in [1.807, 2.05) is 70.2 Å². The smallest absolute Gasteiger partial charge is 0.229 e. The Morgan fingerprint density at radius 1 is 1.23 bits per heavy atom.